The number of nitrogens with one attached hydrogen (secondary N) is 2. The van der Waals surface area contributed by atoms with Crippen LogP contribution in [0.25, 0.3) is 10.9 Å². The van der Waals surface area contributed by atoms with E-state index in [4.69, 9.17) is 0 Å². The number of benzene rings is 1. The van der Waals surface area contributed by atoms with E-state index in [9.17, 15) is 18.0 Å². The minimum Gasteiger partial charge on any atom is -0.350 e. The number of amides is 1. The molecule has 23 heavy (non-hydrogen) atoms. The molecule has 2 aromatic rings. The van der Waals surface area contributed by atoms with Gasteiger partial charge in [-0.25, -0.2) is 0 Å². The summed E-state index contributed by atoms with van der Waals surface area (Å²) in [6, 6.07) is 7.39. The van der Waals surface area contributed by atoms with Gasteiger partial charge in [-0.15, -0.1) is 0 Å². The summed E-state index contributed by atoms with van der Waals surface area (Å²) >= 11 is 0. The van der Waals surface area contributed by atoms with Crippen molar-refractivity contribution in [1.29, 1.82) is 0 Å². The summed E-state index contributed by atoms with van der Waals surface area (Å²) in [5.74, 6) is -1.48. The zero-order valence-electron chi connectivity index (χ0n) is 12.8. The lowest BCUT2D eigenvalue weighted by Crippen LogP contribution is -2.40. The fourth-order valence-electron chi connectivity index (χ4n) is 3.26. The van der Waals surface area contributed by atoms with Gasteiger partial charge in [-0.1, -0.05) is 18.2 Å². The van der Waals surface area contributed by atoms with Gasteiger partial charge in [0, 0.05) is 16.9 Å². The topological polar surface area (TPSA) is 44.9 Å². The second kappa shape index (κ2) is 5.91. The molecule has 0 aliphatic heterocycles. The molecule has 0 atom stereocenters. The van der Waals surface area contributed by atoms with E-state index in [1.165, 1.54) is 0 Å². The molecule has 1 aromatic heterocycles. The minimum atomic E-state index is -4.12. The van der Waals surface area contributed by atoms with Crippen molar-refractivity contribution in [2.24, 2.45) is 5.92 Å². The first kappa shape index (κ1) is 15.9. The molecule has 0 saturated heterocycles. The van der Waals surface area contributed by atoms with Gasteiger partial charge in [-0.2, -0.15) is 13.2 Å². The van der Waals surface area contributed by atoms with Crippen molar-refractivity contribution in [3.8, 4) is 0 Å². The maximum absolute atomic E-state index is 12.7. The van der Waals surface area contributed by atoms with Gasteiger partial charge in [0.2, 0.25) is 0 Å². The molecule has 1 amide bonds. The summed E-state index contributed by atoms with van der Waals surface area (Å²) in [5, 5.41) is 3.80. The maximum Gasteiger partial charge on any atom is 0.391 e. The van der Waals surface area contributed by atoms with Gasteiger partial charge in [0.1, 0.15) is 5.69 Å². The normalized spacial score (nSPS) is 22.3. The van der Waals surface area contributed by atoms with Crippen molar-refractivity contribution in [2.45, 2.75) is 44.8 Å². The number of carbonyl (C=O) groups excluding carboxylic acids is 1. The predicted octanol–water partition coefficient (Wildman–Crippen LogP) is 4.33. The molecule has 0 spiro atoms. The molecular formula is C17H19F3N2O. The average molecular weight is 324 g/mol. The van der Waals surface area contributed by atoms with Crippen LogP contribution in [-0.2, 0) is 0 Å². The van der Waals surface area contributed by atoms with Crippen molar-refractivity contribution < 1.29 is 18.0 Å². The highest BCUT2D eigenvalue weighted by Crippen LogP contribution is 2.37. The zero-order chi connectivity index (χ0) is 16.6. The Bertz CT molecular complexity index is 712. The van der Waals surface area contributed by atoms with Gasteiger partial charge in [0.05, 0.1) is 5.92 Å². The van der Waals surface area contributed by atoms with Gasteiger partial charge in [0.25, 0.3) is 5.91 Å². The number of rotatable bonds is 2. The van der Waals surface area contributed by atoms with E-state index >= 15 is 0 Å². The van der Waals surface area contributed by atoms with E-state index in [1.807, 2.05) is 25.1 Å². The fourth-order valence-corrected chi connectivity index (χ4v) is 3.26. The maximum atomic E-state index is 12.7. The molecule has 124 valence electrons. The van der Waals surface area contributed by atoms with Crippen molar-refractivity contribution in [1.82, 2.24) is 10.3 Å². The first-order valence-electron chi connectivity index (χ1n) is 7.80. The van der Waals surface area contributed by atoms with Crippen LogP contribution < -0.4 is 5.32 Å². The van der Waals surface area contributed by atoms with E-state index in [2.05, 4.69) is 10.3 Å². The lowest BCUT2D eigenvalue weighted by molar-refractivity contribution is -0.182. The van der Waals surface area contributed by atoms with Crippen molar-refractivity contribution >= 4 is 16.8 Å². The Morgan fingerprint density at radius 3 is 2.52 bits per heavy atom. The van der Waals surface area contributed by atoms with Crippen molar-refractivity contribution in [3.05, 3.63) is 35.5 Å². The number of aromatic amines is 1. The number of carbonyl (C=O) groups is 1. The number of para-hydroxylation sites is 1. The highest BCUT2D eigenvalue weighted by molar-refractivity contribution is 5.98. The van der Waals surface area contributed by atoms with Gasteiger partial charge in [-0.3, -0.25) is 4.79 Å². The molecule has 1 aliphatic carbocycles. The molecule has 1 heterocycles. The van der Waals surface area contributed by atoms with Crippen LogP contribution >= 0.6 is 0 Å². The molecule has 2 N–H and O–H groups in total. The standard InChI is InChI=1S/C17H19F3N2O/c1-10-3-2-4-11-9-14(22-15(10)11)16(23)21-13-7-5-12(6-8-13)17(18,19)20/h2-4,9,12-13,22H,5-8H2,1H3,(H,21,23)/t12-,13-. The van der Waals surface area contributed by atoms with E-state index in [-0.39, 0.29) is 24.8 Å². The Hall–Kier alpha value is -1.98. The highest BCUT2D eigenvalue weighted by atomic mass is 19.4. The summed E-state index contributed by atoms with van der Waals surface area (Å²) in [4.78, 5) is 15.4. The monoisotopic (exact) mass is 324 g/mol. The third-order valence-corrected chi connectivity index (χ3v) is 4.63. The van der Waals surface area contributed by atoms with Gasteiger partial charge < -0.3 is 10.3 Å². The summed E-state index contributed by atoms with van der Waals surface area (Å²) in [6.07, 6.45) is -3.21. The Kier molecular flexibility index (Phi) is 4.08. The Balaban J connectivity index is 1.64. The number of aromatic nitrogens is 1. The second-order valence-electron chi connectivity index (χ2n) is 6.29. The van der Waals surface area contributed by atoms with E-state index in [0.29, 0.717) is 18.5 Å². The van der Waals surface area contributed by atoms with Crippen molar-refractivity contribution in [2.75, 3.05) is 0 Å². The van der Waals surface area contributed by atoms with Crippen LogP contribution in [0.4, 0.5) is 13.2 Å². The average Bonchev–Trinajstić information content (AvgIpc) is 2.92. The summed E-state index contributed by atoms with van der Waals surface area (Å²) in [7, 11) is 0. The van der Waals surface area contributed by atoms with E-state index in [1.54, 1.807) is 6.07 Å². The van der Waals surface area contributed by atoms with Gasteiger partial charge in [-0.05, 0) is 44.2 Å². The second-order valence-corrected chi connectivity index (χ2v) is 6.29. The molecule has 0 radical (unpaired) electrons. The Morgan fingerprint density at radius 2 is 1.91 bits per heavy atom. The number of fused-ring (bicyclic) bond motifs is 1. The van der Waals surface area contributed by atoms with Gasteiger partial charge >= 0.3 is 6.18 Å². The van der Waals surface area contributed by atoms with Crippen LogP contribution in [0.15, 0.2) is 24.3 Å². The molecule has 0 bridgehead atoms. The number of halogens is 3. The molecule has 3 nitrogen and oxygen atoms in total. The first-order valence-corrected chi connectivity index (χ1v) is 7.80. The minimum absolute atomic E-state index is 0.0836. The van der Waals surface area contributed by atoms with Crippen LogP contribution in [-0.4, -0.2) is 23.1 Å². The Labute approximate surface area is 132 Å². The zero-order valence-corrected chi connectivity index (χ0v) is 12.8. The number of alkyl halides is 3. The third-order valence-electron chi connectivity index (χ3n) is 4.63. The number of H-pyrrole nitrogens is 1. The van der Waals surface area contributed by atoms with Crippen LogP contribution in [0.1, 0.15) is 41.7 Å². The van der Waals surface area contributed by atoms with Gasteiger partial charge in [0.15, 0.2) is 0 Å². The lowest BCUT2D eigenvalue weighted by Gasteiger charge is -2.30. The summed E-state index contributed by atoms with van der Waals surface area (Å²) < 4.78 is 38.0. The smallest absolute Gasteiger partial charge is 0.350 e. The number of hydrogen-bond donors (Lipinski definition) is 2. The van der Waals surface area contributed by atoms with Crippen LogP contribution in [0.3, 0.4) is 0 Å². The third kappa shape index (κ3) is 3.35. The SMILES string of the molecule is Cc1cccc2cc(C(=O)N[C@H]3CC[C@H](C(F)(F)F)CC3)[nH]c12. The molecule has 1 fully saturated rings. The number of aryl methyl sites for hydroxylation is 1. The molecule has 6 heteroatoms. The van der Waals surface area contributed by atoms with Crippen LogP contribution in [0.2, 0.25) is 0 Å². The fraction of sp³-hybridized carbons (Fsp3) is 0.471. The van der Waals surface area contributed by atoms with Crippen LogP contribution in [0.5, 0.6) is 0 Å². The summed E-state index contributed by atoms with van der Waals surface area (Å²) in [6.45, 7) is 1.96. The number of hydrogen-bond acceptors (Lipinski definition) is 1. The molecule has 3 rings (SSSR count). The largest absolute Gasteiger partial charge is 0.391 e. The van der Waals surface area contributed by atoms with E-state index in [0.717, 1.165) is 16.5 Å². The quantitative estimate of drug-likeness (QED) is 0.848. The first-order chi connectivity index (χ1) is 10.8. The summed E-state index contributed by atoms with van der Waals surface area (Å²) in [5.41, 5.74) is 2.41. The Morgan fingerprint density at radius 1 is 1.22 bits per heavy atom. The lowest BCUT2D eigenvalue weighted by atomic mass is 9.85. The van der Waals surface area contributed by atoms with Crippen molar-refractivity contribution in [3.63, 3.8) is 0 Å². The molecule has 1 saturated carbocycles. The highest BCUT2D eigenvalue weighted by Gasteiger charge is 2.41. The predicted molar refractivity (Wildman–Crippen MR) is 82.3 cm³/mol. The van der Waals surface area contributed by atoms with E-state index < -0.39 is 12.1 Å². The molecular weight excluding hydrogens is 305 g/mol. The van der Waals surface area contributed by atoms with Crippen LogP contribution in [0, 0.1) is 12.8 Å². The molecule has 1 aromatic carbocycles. The molecule has 1 aliphatic rings. The molecule has 0 unspecified atom stereocenters.